The molecule has 0 atom stereocenters. The second-order valence-electron chi connectivity index (χ2n) is 5.73. The molecule has 0 aromatic carbocycles. The molecule has 0 aliphatic carbocycles. The lowest BCUT2D eigenvalue weighted by Crippen LogP contribution is -2.38. The first-order chi connectivity index (χ1) is 8.76. The Morgan fingerprint density at radius 3 is 2.63 bits per heavy atom. The number of ether oxygens (including phenoxy) is 1. The molecule has 2 heterocycles. The van der Waals surface area contributed by atoms with Crippen LogP contribution in [0, 0.1) is 5.41 Å². The molecule has 0 radical (unpaired) electrons. The van der Waals surface area contributed by atoms with Gasteiger partial charge in [0.25, 0.3) is 0 Å². The number of hydrogen-bond donors (Lipinski definition) is 1. The Labute approximate surface area is 122 Å². The van der Waals surface area contributed by atoms with Crippen LogP contribution in [0.25, 0.3) is 0 Å². The lowest BCUT2D eigenvalue weighted by molar-refractivity contribution is -0.132. The van der Waals surface area contributed by atoms with E-state index in [1.54, 1.807) is 7.11 Å². The number of methoxy groups -OCH3 is 1. The Kier molecular flexibility index (Phi) is 7.11. The summed E-state index contributed by atoms with van der Waals surface area (Å²) in [5.41, 5.74) is 0.515. The number of carbonyl (C=O) groups is 1. The van der Waals surface area contributed by atoms with Crippen LogP contribution < -0.4 is 5.32 Å². The van der Waals surface area contributed by atoms with E-state index >= 15 is 0 Å². The van der Waals surface area contributed by atoms with Crippen LogP contribution in [0.4, 0.5) is 0 Å². The molecule has 2 fully saturated rings. The van der Waals surface area contributed by atoms with Gasteiger partial charge in [-0.1, -0.05) is 0 Å². The molecule has 0 saturated carbocycles. The zero-order chi connectivity index (χ0) is 12.8. The van der Waals surface area contributed by atoms with Crippen molar-refractivity contribution >= 4 is 18.3 Å². The number of piperidine rings is 1. The van der Waals surface area contributed by atoms with Crippen LogP contribution in [0.15, 0.2) is 0 Å². The first-order valence-corrected chi connectivity index (χ1v) is 7.23. The van der Waals surface area contributed by atoms with E-state index in [1.165, 1.54) is 32.1 Å². The predicted octanol–water partition coefficient (Wildman–Crippen LogP) is 1.83. The van der Waals surface area contributed by atoms with Crippen molar-refractivity contribution in [3.8, 4) is 0 Å². The highest BCUT2D eigenvalue weighted by atomic mass is 35.5. The molecule has 4 nitrogen and oxygen atoms in total. The molecule has 1 N–H and O–H groups in total. The summed E-state index contributed by atoms with van der Waals surface area (Å²) in [5, 5.41) is 3.44. The Hall–Kier alpha value is -0.320. The van der Waals surface area contributed by atoms with Gasteiger partial charge in [0.05, 0.1) is 13.0 Å². The molecule has 0 unspecified atom stereocenters. The Morgan fingerprint density at radius 2 is 1.95 bits per heavy atom. The molecule has 2 saturated heterocycles. The average Bonchev–Trinajstić information content (AvgIpc) is 2.60. The van der Waals surface area contributed by atoms with Crippen molar-refractivity contribution in [2.24, 2.45) is 5.41 Å². The van der Waals surface area contributed by atoms with E-state index in [0.717, 1.165) is 26.2 Å². The maximum atomic E-state index is 12.0. The van der Waals surface area contributed by atoms with Crippen molar-refractivity contribution in [1.82, 2.24) is 10.2 Å². The number of carbonyl (C=O) groups excluding carboxylic acids is 1. The van der Waals surface area contributed by atoms with Gasteiger partial charge < -0.3 is 15.0 Å². The minimum Gasteiger partial charge on any atom is -0.384 e. The average molecular weight is 291 g/mol. The molecule has 0 aromatic heterocycles. The molecule has 2 aliphatic rings. The van der Waals surface area contributed by atoms with Crippen LogP contribution in [0.5, 0.6) is 0 Å². The summed E-state index contributed by atoms with van der Waals surface area (Å²) >= 11 is 0. The van der Waals surface area contributed by atoms with Gasteiger partial charge in [0, 0.05) is 20.2 Å². The van der Waals surface area contributed by atoms with Gasteiger partial charge in [0.1, 0.15) is 0 Å². The van der Waals surface area contributed by atoms with Gasteiger partial charge in [-0.05, 0) is 50.6 Å². The van der Waals surface area contributed by atoms with E-state index in [1.807, 2.05) is 0 Å². The lowest BCUT2D eigenvalue weighted by atomic mass is 9.73. The van der Waals surface area contributed by atoms with E-state index < -0.39 is 0 Å². The first-order valence-electron chi connectivity index (χ1n) is 7.23. The maximum absolute atomic E-state index is 12.0. The fourth-order valence-corrected chi connectivity index (χ4v) is 3.31. The topological polar surface area (TPSA) is 41.6 Å². The molecule has 19 heavy (non-hydrogen) atoms. The van der Waals surface area contributed by atoms with Crippen LogP contribution in [-0.2, 0) is 9.53 Å². The standard InChI is InChI=1S/C14H26N2O2.ClH/c1-18-12-3-13(17)16-10-2-4-14(7-11-16)5-8-15-9-6-14;/h15H,2-12H2,1H3;1H. The highest BCUT2D eigenvalue weighted by Crippen LogP contribution is 2.39. The van der Waals surface area contributed by atoms with Crippen LogP contribution in [0.2, 0.25) is 0 Å². The largest absolute Gasteiger partial charge is 0.384 e. The van der Waals surface area contributed by atoms with Crippen LogP contribution in [-0.4, -0.2) is 50.7 Å². The smallest absolute Gasteiger partial charge is 0.224 e. The second kappa shape index (κ2) is 8.08. The molecule has 0 bridgehead atoms. The van der Waals surface area contributed by atoms with Crippen molar-refractivity contribution in [1.29, 1.82) is 0 Å². The van der Waals surface area contributed by atoms with Gasteiger partial charge in [0.15, 0.2) is 0 Å². The molecule has 1 amide bonds. The molecule has 2 rings (SSSR count). The predicted molar refractivity (Wildman–Crippen MR) is 78.7 cm³/mol. The first kappa shape index (κ1) is 16.7. The molecular formula is C14H27ClN2O2. The summed E-state index contributed by atoms with van der Waals surface area (Å²) < 4.78 is 4.99. The van der Waals surface area contributed by atoms with Gasteiger partial charge in [-0.15, -0.1) is 12.4 Å². The summed E-state index contributed by atoms with van der Waals surface area (Å²) in [5.74, 6) is 0.267. The van der Waals surface area contributed by atoms with Crippen molar-refractivity contribution in [2.75, 3.05) is 39.9 Å². The monoisotopic (exact) mass is 290 g/mol. The van der Waals surface area contributed by atoms with Crippen LogP contribution in [0.3, 0.4) is 0 Å². The minimum atomic E-state index is 0. The van der Waals surface area contributed by atoms with E-state index in [2.05, 4.69) is 10.2 Å². The van der Waals surface area contributed by atoms with E-state index in [9.17, 15) is 4.79 Å². The van der Waals surface area contributed by atoms with Crippen molar-refractivity contribution in [3.63, 3.8) is 0 Å². The number of nitrogens with one attached hydrogen (secondary N) is 1. The van der Waals surface area contributed by atoms with Gasteiger partial charge >= 0.3 is 0 Å². The number of nitrogens with zero attached hydrogens (tertiary/aromatic N) is 1. The summed E-state index contributed by atoms with van der Waals surface area (Å²) in [6.45, 7) is 4.74. The summed E-state index contributed by atoms with van der Waals surface area (Å²) in [6.07, 6.45) is 6.75. The van der Waals surface area contributed by atoms with Crippen molar-refractivity contribution in [2.45, 2.75) is 38.5 Å². The third kappa shape index (κ3) is 4.62. The number of likely N-dealkylation sites (tertiary alicyclic amines) is 1. The summed E-state index contributed by atoms with van der Waals surface area (Å²) in [6, 6.07) is 0. The molecule has 5 heteroatoms. The minimum absolute atomic E-state index is 0. The molecule has 112 valence electrons. The highest BCUT2D eigenvalue weighted by Gasteiger charge is 2.34. The molecule has 1 spiro atoms. The fourth-order valence-electron chi connectivity index (χ4n) is 3.31. The normalized spacial score (nSPS) is 22.7. The lowest BCUT2D eigenvalue weighted by Gasteiger charge is -2.37. The van der Waals surface area contributed by atoms with E-state index in [4.69, 9.17) is 4.74 Å². The second-order valence-corrected chi connectivity index (χ2v) is 5.73. The number of halogens is 1. The molecular weight excluding hydrogens is 264 g/mol. The Morgan fingerprint density at radius 1 is 1.21 bits per heavy atom. The summed E-state index contributed by atoms with van der Waals surface area (Å²) in [7, 11) is 1.65. The molecule has 2 aliphatic heterocycles. The zero-order valence-corrected chi connectivity index (χ0v) is 12.8. The fraction of sp³-hybridized carbons (Fsp3) is 0.929. The highest BCUT2D eigenvalue weighted by molar-refractivity contribution is 5.85. The quantitative estimate of drug-likeness (QED) is 0.862. The maximum Gasteiger partial charge on any atom is 0.224 e. The Balaban J connectivity index is 0.00000180. The number of amides is 1. The van der Waals surface area contributed by atoms with E-state index in [-0.39, 0.29) is 18.3 Å². The Bertz CT molecular complexity index is 281. The number of hydrogen-bond acceptors (Lipinski definition) is 3. The SMILES string of the molecule is COCCC(=O)N1CCCC2(CCNCC2)CC1.Cl. The van der Waals surface area contributed by atoms with Crippen LogP contribution >= 0.6 is 12.4 Å². The third-order valence-electron chi connectivity index (χ3n) is 4.58. The van der Waals surface area contributed by atoms with Crippen molar-refractivity contribution in [3.05, 3.63) is 0 Å². The van der Waals surface area contributed by atoms with Gasteiger partial charge in [-0.25, -0.2) is 0 Å². The summed E-state index contributed by atoms with van der Waals surface area (Å²) in [4.78, 5) is 14.1. The zero-order valence-electron chi connectivity index (χ0n) is 12.0. The van der Waals surface area contributed by atoms with Gasteiger partial charge in [0.2, 0.25) is 5.91 Å². The van der Waals surface area contributed by atoms with Crippen LogP contribution in [0.1, 0.15) is 38.5 Å². The molecule has 0 aromatic rings. The number of rotatable bonds is 3. The van der Waals surface area contributed by atoms with Gasteiger partial charge in [-0.3, -0.25) is 4.79 Å². The third-order valence-corrected chi connectivity index (χ3v) is 4.58. The van der Waals surface area contributed by atoms with Gasteiger partial charge in [-0.2, -0.15) is 0 Å². The van der Waals surface area contributed by atoms with E-state index in [0.29, 0.717) is 18.4 Å². The van der Waals surface area contributed by atoms with Crippen molar-refractivity contribution < 1.29 is 9.53 Å².